The molecule has 1 aliphatic heterocycles. The Morgan fingerprint density at radius 3 is 2.47 bits per heavy atom. The van der Waals surface area contributed by atoms with Gasteiger partial charge in [0.1, 0.15) is 11.8 Å². The van der Waals surface area contributed by atoms with E-state index in [-0.39, 0.29) is 11.7 Å². The van der Waals surface area contributed by atoms with Crippen molar-refractivity contribution < 1.29 is 18.7 Å². The van der Waals surface area contributed by atoms with Crippen LogP contribution in [0, 0.1) is 0 Å². The van der Waals surface area contributed by atoms with Gasteiger partial charge < -0.3 is 19.5 Å². The molecule has 1 aliphatic rings. The first-order valence-corrected chi connectivity index (χ1v) is 12.7. The van der Waals surface area contributed by atoms with Gasteiger partial charge in [0.2, 0.25) is 0 Å². The van der Waals surface area contributed by atoms with Crippen molar-refractivity contribution in [1.82, 2.24) is 9.88 Å². The molecule has 7 nitrogen and oxygen atoms in total. The molecule has 0 fully saturated rings. The molecule has 3 heterocycles. The third-order valence-electron chi connectivity index (χ3n) is 6.57. The SMILES string of the molecule is O=C(Nc1ccc(C2c3[nH]c4ccc(Cl)cc4c3CCN2C(=O)Oc2ccc(Cl)cc2)cc1)c1ccco1. The molecule has 0 aliphatic carbocycles. The van der Waals surface area contributed by atoms with Crippen LogP contribution in [-0.2, 0) is 6.42 Å². The number of hydrogen-bond acceptors (Lipinski definition) is 4. The number of benzene rings is 3. The second kappa shape index (κ2) is 9.93. The van der Waals surface area contributed by atoms with Crippen LogP contribution in [0.3, 0.4) is 0 Å². The minimum Gasteiger partial charge on any atom is -0.459 e. The second-order valence-corrected chi connectivity index (χ2v) is 9.80. The third-order valence-corrected chi connectivity index (χ3v) is 7.06. The number of nitrogens with zero attached hydrogens (tertiary/aromatic N) is 1. The molecule has 0 radical (unpaired) electrons. The lowest BCUT2D eigenvalue weighted by atomic mass is 9.92. The Kier molecular flexibility index (Phi) is 6.31. The van der Waals surface area contributed by atoms with Gasteiger partial charge in [0.15, 0.2) is 5.76 Å². The molecule has 2 amide bonds. The molecule has 1 atom stereocenters. The third kappa shape index (κ3) is 4.62. The average molecular weight is 546 g/mol. The number of aromatic nitrogens is 1. The first-order chi connectivity index (χ1) is 18.5. The molecule has 0 spiro atoms. The molecule has 9 heteroatoms. The zero-order valence-corrected chi connectivity index (χ0v) is 21.4. The van der Waals surface area contributed by atoms with E-state index in [1.54, 1.807) is 53.4 Å². The number of halogens is 2. The number of aromatic amines is 1. The zero-order chi connectivity index (χ0) is 26.2. The average Bonchev–Trinajstić information content (AvgIpc) is 3.58. The lowest BCUT2D eigenvalue weighted by Crippen LogP contribution is -2.42. The van der Waals surface area contributed by atoms with Crippen LogP contribution in [0.5, 0.6) is 5.75 Å². The molecule has 38 heavy (non-hydrogen) atoms. The van der Waals surface area contributed by atoms with Crippen LogP contribution in [0.25, 0.3) is 10.9 Å². The number of rotatable bonds is 4. The highest BCUT2D eigenvalue weighted by Crippen LogP contribution is 2.40. The molecule has 190 valence electrons. The maximum absolute atomic E-state index is 13.4. The van der Waals surface area contributed by atoms with E-state index < -0.39 is 12.1 Å². The summed E-state index contributed by atoms with van der Waals surface area (Å²) in [6, 6.07) is 22.6. The van der Waals surface area contributed by atoms with E-state index in [4.69, 9.17) is 32.4 Å². The van der Waals surface area contributed by atoms with Gasteiger partial charge in [-0.1, -0.05) is 35.3 Å². The normalized spacial score (nSPS) is 14.8. The molecule has 3 aromatic carbocycles. The molecule has 2 aromatic heterocycles. The Morgan fingerprint density at radius 2 is 1.74 bits per heavy atom. The van der Waals surface area contributed by atoms with E-state index >= 15 is 0 Å². The summed E-state index contributed by atoms with van der Waals surface area (Å²) in [6.45, 7) is 0.445. The van der Waals surface area contributed by atoms with E-state index in [1.807, 2.05) is 30.3 Å². The van der Waals surface area contributed by atoms with Gasteiger partial charge in [0.05, 0.1) is 6.26 Å². The van der Waals surface area contributed by atoms with Crippen LogP contribution >= 0.6 is 23.2 Å². The molecule has 5 aromatic rings. The zero-order valence-electron chi connectivity index (χ0n) is 19.9. The van der Waals surface area contributed by atoms with Crippen LogP contribution in [0.15, 0.2) is 89.5 Å². The van der Waals surface area contributed by atoms with Crippen LogP contribution in [0.1, 0.15) is 33.4 Å². The van der Waals surface area contributed by atoms with Gasteiger partial charge >= 0.3 is 6.09 Å². The van der Waals surface area contributed by atoms with Crippen molar-refractivity contribution in [3.05, 3.63) is 118 Å². The number of H-pyrrole nitrogens is 1. The van der Waals surface area contributed by atoms with E-state index in [0.29, 0.717) is 34.4 Å². The van der Waals surface area contributed by atoms with Gasteiger partial charge in [-0.2, -0.15) is 0 Å². The lowest BCUT2D eigenvalue weighted by Gasteiger charge is -2.35. The molecule has 0 saturated heterocycles. The number of carbonyl (C=O) groups excluding carboxylic acids is 2. The number of hydrogen-bond donors (Lipinski definition) is 2. The molecule has 1 unspecified atom stereocenters. The standard InChI is InChI=1S/C29H21Cl2N3O4/c30-18-5-10-21(11-6-18)38-29(36)34-14-13-22-23-16-19(31)7-12-24(23)33-26(22)27(34)17-3-8-20(9-4-17)32-28(35)25-2-1-15-37-25/h1-12,15-16,27,33H,13-14H2,(H,32,35). The predicted octanol–water partition coefficient (Wildman–Crippen LogP) is 7.47. The fraction of sp³-hybridized carbons (Fsp3) is 0.103. The van der Waals surface area contributed by atoms with Crippen LogP contribution in [0.4, 0.5) is 10.5 Å². The number of ether oxygens (including phenoxy) is 1. The van der Waals surface area contributed by atoms with Crippen molar-refractivity contribution in [2.75, 3.05) is 11.9 Å². The summed E-state index contributed by atoms with van der Waals surface area (Å²) in [5.41, 5.74) is 4.41. The second-order valence-electron chi connectivity index (χ2n) is 8.93. The number of furan rings is 1. The lowest BCUT2D eigenvalue weighted by molar-refractivity contribution is 0.0996. The van der Waals surface area contributed by atoms with E-state index in [0.717, 1.165) is 27.7 Å². The number of nitrogens with one attached hydrogen (secondary N) is 2. The summed E-state index contributed by atoms with van der Waals surface area (Å²) in [7, 11) is 0. The highest BCUT2D eigenvalue weighted by atomic mass is 35.5. The fourth-order valence-corrected chi connectivity index (χ4v) is 5.11. The van der Waals surface area contributed by atoms with Crippen molar-refractivity contribution in [1.29, 1.82) is 0 Å². The number of carbonyl (C=O) groups is 2. The van der Waals surface area contributed by atoms with Crippen molar-refractivity contribution in [2.24, 2.45) is 0 Å². The van der Waals surface area contributed by atoms with Crippen LogP contribution in [0.2, 0.25) is 10.0 Å². The largest absolute Gasteiger partial charge is 0.459 e. The summed E-state index contributed by atoms with van der Waals surface area (Å²) in [5.74, 6) is 0.283. The highest BCUT2D eigenvalue weighted by Gasteiger charge is 2.35. The van der Waals surface area contributed by atoms with Crippen molar-refractivity contribution in [2.45, 2.75) is 12.5 Å². The van der Waals surface area contributed by atoms with E-state index in [2.05, 4.69) is 10.3 Å². The smallest absolute Gasteiger partial charge is 0.416 e. The van der Waals surface area contributed by atoms with Crippen LogP contribution in [-0.4, -0.2) is 28.4 Å². The first-order valence-electron chi connectivity index (χ1n) is 11.9. The Morgan fingerprint density at radius 1 is 0.974 bits per heavy atom. The highest BCUT2D eigenvalue weighted by molar-refractivity contribution is 6.31. The summed E-state index contributed by atoms with van der Waals surface area (Å²) < 4.78 is 10.9. The Bertz CT molecular complexity index is 1630. The molecule has 0 bridgehead atoms. The molecular formula is C29H21Cl2N3O4. The first kappa shape index (κ1) is 24.2. The summed E-state index contributed by atoms with van der Waals surface area (Å²) >= 11 is 12.3. The summed E-state index contributed by atoms with van der Waals surface area (Å²) in [4.78, 5) is 31.0. The summed E-state index contributed by atoms with van der Waals surface area (Å²) in [6.07, 6.45) is 1.61. The van der Waals surface area contributed by atoms with E-state index in [1.165, 1.54) is 6.26 Å². The number of amides is 2. The van der Waals surface area contributed by atoms with Gasteiger partial charge in [0.25, 0.3) is 5.91 Å². The quantitative estimate of drug-likeness (QED) is 0.245. The van der Waals surface area contributed by atoms with Crippen molar-refractivity contribution in [3.63, 3.8) is 0 Å². The van der Waals surface area contributed by atoms with Gasteiger partial charge in [-0.05, 0) is 84.3 Å². The van der Waals surface area contributed by atoms with Gasteiger partial charge in [-0.25, -0.2) is 4.79 Å². The summed E-state index contributed by atoms with van der Waals surface area (Å²) in [5, 5.41) is 5.06. The van der Waals surface area contributed by atoms with Crippen molar-refractivity contribution in [3.8, 4) is 5.75 Å². The molecule has 6 rings (SSSR count). The number of anilines is 1. The molecule has 2 N–H and O–H groups in total. The van der Waals surface area contributed by atoms with Crippen molar-refractivity contribution >= 4 is 51.8 Å². The van der Waals surface area contributed by atoms with Gasteiger partial charge in [0, 0.05) is 38.9 Å². The predicted molar refractivity (Wildman–Crippen MR) is 146 cm³/mol. The Balaban J connectivity index is 1.35. The van der Waals surface area contributed by atoms with Gasteiger partial charge in [-0.3, -0.25) is 9.69 Å². The maximum Gasteiger partial charge on any atom is 0.416 e. The maximum atomic E-state index is 13.4. The van der Waals surface area contributed by atoms with E-state index in [9.17, 15) is 9.59 Å². The topological polar surface area (TPSA) is 87.6 Å². The monoisotopic (exact) mass is 545 g/mol. The minimum atomic E-state index is -0.477. The minimum absolute atomic E-state index is 0.221. The number of fused-ring (bicyclic) bond motifs is 3. The molecule has 0 saturated carbocycles. The molecular weight excluding hydrogens is 525 g/mol. The van der Waals surface area contributed by atoms with Crippen LogP contribution < -0.4 is 10.1 Å². The Hall–Kier alpha value is -4.20. The fourth-order valence-electron chi connectivity index (χ4n) is 4.82. The Labute approximate surface area is 227 Å². The van der Waals surface area contributed by atoms with Gasteiger partial charge in [-0.15, -0.1) is 0 Å².